The number of hydrogen-bond acceptors (Lipinski definition) is 5. The van der Waals surface area contributed by atoms with Gasteiger partial charge in [-0.25, -0.2) is 4.39 Å². The van der Waals surface area contributed by atoms with Crippen molar-refractivity contribution in [1.29, 1.82) is 0 Å². The van der Waals surface area contributed by atoms with Crippen molar-refractivity contribution in [1.82, 2.24) is 15.0 Å². The molecule has 6 nitrogen and oxygen atoms in total. The Labute approximate surface area is 178 Å². The molecule has 2 aromatic carbocycles. The first-order valence-corrected chi connectivity index (χ1v) is 9.65. The number of hydrogen-bond donors (Lipinski definition) is 3. The summed E-state index contributed by atoms with van der Waals surface area (Å²) in [7, 11) is 0. The lowest BCUT2D eigenvalue weighted by atomic mass is 10.1. The maximum absolute atomic E-state index is 13.1. The summed E-state index contributed by atoms with van der Waals surface area (Å²) < 4.78 is 56.0. The molecular formula is C20H16F4N4O2S. The Kier molecular flexibility index (Phi) is 6.54. The fraction of sp³-hybridized carbons (Fsp3) is 0.150. The highest BCUT2D eigenvalue weighted by atomic mass is 32.1. The minimum atomic E-state index is -4.55. The Bertz CT molecular complexity index is 1100. The van der Waals surface area contributed by atoms with Gasteiger partial charge < -0.3 is 16.4 Å². The van der Waals surface area contributed by atoms with Gasteiger partial charge in [-0.3, -0.25) is 9.59 Å². The molecule has 4 N–H and O–H groups in total. The monoisotopic (exact) mass is 452 g/mol. The van der Waals surface area contributed by atoms with E-state index in [4.69, 9.17) is 5.73 Å². The second kappa shape index (κ2) is 9.13. The molecule has 0 saturated heterocycles. The Morgan fingerprint density at radius 3 is 2.29 bits per heavy atom. The smallest absolute Gasteiger partial charge is 0.395 e. The van der Waals surface area contributed by atoms with Gasteiger partial charge in [0.15, 0.2) is 5.69 Å². The summed E-state index contributed by atoms with van der Waals surface area (Å²) in [6, 6.07) is 10.4. The van der Waals surface area contributed by atoms with Crippen molar-refractivity contribution in [3.8, 4) is 0 Å². The third-order valence-electron chi connectivity index (χ3n) is 4.28. The third kappa shape index (κ3) is 5.37. The molecular weight excluding hydrogens is 436 g/mol. The minimum absolute atomic E-state index is 0.0866. The number of aromatic nitrogens is 1. The molecule has 0 aliphatic rings. The number of nitrogens with one attached hydrogen (secondary N) is 2. The number of nitrogens with two attached hydrogens (primary N) is 1. The minimum Gasteiger partial charge on any atom is -0.395 e. The maximum atomic E-state index is 13.1. The van der Waals surface area contributed by atoms with E-state index < -0.39 is 29.4 Å². The predicted octanol–water partition coefficient (Wildman–Crippen LogP) is 3.74. The van der Waals surface area contributed by atoms with Gasteiger partial charge in [-0.15, -0.1) is 0 Å². The number of halogens is 4. The number of nitrogen functional groups attached to an aromatic ring is 1. The van der Waals surface area contributed by atoms with Crippen LogP contribution in [0.4, 0.5) is 23.2 Å². The molecule has 162 valence electrons. The Morgan fingerprint density at radius 1 is 0.968 bits per heavy atom. The summed E-state index contributed by atoms with van der Waals surface area (Å²) in [6.45, 7) is -0.288. The van der Waals surface area contributed by atoms with Crippen LogP contribution in [0.3, 0.4) is 0 Å². The molecule has 0 aliphatic carbocycles. The van der Waals surface area contributed by atoms with Crippen LogP contribution in [0.5, 0.6) is 0 Å². The summed E-state index contributed by atoms with van der Waals surface area (Å²) in [6.07, 6.45) is -4.55. The normalized spacial score (nSPS) is 11.2. The molecule has 2 amide bonds. The van der Waals surface area contributed by atoms with Crippen LogP contribution < -0.4 is 16.4 Å². The molecule has 1 heterocycles. The molecule has 0 atom stereocenters. The van der Waals surface area contributed by atoms with Gasteiger partial charge in [0, 0.05) is 13.1 Å². The van der Waals surface area contributed by atoms with Gasteiger partial charge in [-0.2, -0.15) is 17.5 Å². The highest BCUT2D eigenvalue weighted by molar-refractivity contribution is 7.09. The van der Waals surface area contributed by atoms with Gasteiger partial charge in [0.05, 0.1) is 11.3 Å². The third-order valence-corrected chi connectivity index (χ3v) is 5.14. The molecule has 0 bridgehead atoms. The second-order valence-corrected chi connectivity index (χ2v) is 7.19. The van der Waals surface area contributed by atoms with Gasteiger partial charge in [0.25, 0.3) is 11.8 Å². The number of benzene rings is 2. The summed E-state index contributed by atoms with van der Waals surface area (Å²) >= 11 is 0.661. The van der Waals surface area contributed by atoms with Crippen molar-refractivity contribution in [2.45, 2.75) is 19.3 Å². The van der Waals surface area contributed by atoms with E-state index in [-0.39, 0.29) is 34.9 Å². The van der Waals surface area contributed by atoms with E-state index >= 15 is 0 Å². The molecule has 0 spiro atoms. The van der Waals surface area contributed by atoms with Crippen LogP contribution in [0.15, 0.2) is 48.5 Å². The van der Waals surface area contributed by atoms with Crippen molar-refractivity contribution < 1.29 is 27.2 Å². The molecule has 31 heavy (non-hydrogen) atoms. The zero-order chi connectivity index (χ0) is 22.6. The average molecular weight is 452 g/mol. The highest BCUT2D eigenvalue weighted by Crippen LogP contribution is 2.32. The van der Waals surface area contributed by atoms with Crippen LogP contribution in [0.2, 0.25) is 0 Å². The molecule has 0 fully saturated rings. The SMILES string of the molecule is Nc1c(C(=O)NCc2ccc(F)cc2)nsc1C(=O)NCc1ccccc1C(F)(F)F. The summed E-state index contributed by atoms with van der Waals surface area (Å²) in [5.41, 5.74) is 5.19. The Morgan fingerprint density at radius 2 is 1.61 bits per heavy atom. The van der Waals surface area contributed by atoms with Crippen LogP contribution in [0, 0.1) is 5.82 Å². The lowest BCUT2D eigenvalue weighted by Gasteiger charge is -2.13. The summed E-state index contributed by atoms with van der Waals surface area (Å²) in [5.74, 6) is -1.79. The Balaban J connectivity index is 1.65. The first-order chi connectivity index (χ1) is 14.7. The van der Waals surface area contributed by atoms with Crippen LogP contribution in [0.25, 0.3) is 0 Å². The largest absolute Gasteiger partial charge is 0.416 e. The van der Waals surface area contributed by atoms with Crippen molar-refractivity contribution in [3.63, 3.8) is 0 Å². The van der Waals surface area contributed by atoms with Crippen LogP contribution in [-0.4, -0.2) is 16.2 Å². The van der Waals surface area contributed by atoms with E-state index in [0.29, 0.717) is 17.1 Å². The number of carbonyl (C=O) groups is 2. The van der Waals surface area contributed by atoms with Gasteiger partial charge in [-0.1, -0.05) is 30.3 Å². The predicted molar refractivity (Wildman–Crippen MR) is 107 cm³/mol. The lowest BCUT2D eigenvalue weighted by molar-refractivity contribution is -0.138. The molecule has 3 rings (SSSR count). The molecule has 0 saturated carbocycles. The van der Waals surface area contributed by atoms with Crippen LogP contribution in [-0.2, 0) is 19.3 Å². The lowest BCUT2D eigenvalue weighted by Crippen LogP contribution is -2.26. The number of carbonyl (C=O) groups excluding carboxylic acids is 2. The topological polar surface area (TPSA) is 97.1 Å². The summed E-state index contributed by atoms with van der Waals surface area (Å²) in [4.78, 5) is 24.6. The zero-order valence-electron chi connectivity index (χ0n) is 15.8. The number of nitrogens with zero attached hydrogens (tertiary/aromatic N) is 1. The number of alkyl halides is 3. The van der Waals surface area contributed by atoms with E-state index in [1.807, 2.05) is 0 Å². The highest BCUT2D eigenvalue weighted by Gasteiger charge is 2.33. The second-order valence-electron chi connectivity index (χ2n) is 6.42. The standard InChI is InChI=1S/C20H16F4N4O2S/c21-13-7-5-11(6-8-13)9-26-18(29)16-15(25)17(31-28-16)19(30)27-10-12-3-1-2-4-14(12)20(22,23)24/h1-8H,9-10,25H2,(H,26,29)(H,27,30). The van der Waals surface area contributed by atoms with Gasteiger partial charge in [-0.05, 0) is 40.9 Å². The van der Waals surface area contributed by atoms with E-state index in [1.54, 1.807) is 0 Å². The molecule has 1 aromatic heterocycles. The average Bonchev–Trinajstić information content (AvgIpc) is 3.12. The molecule has 0 unspecified atom stereocenters. The number of rotatable bonds is 6. The van der Waals surface area contributed by atoms with Crippen LogP contribution in [0.1, 0.15) is 36.9 Å². The first-order valence-electron chi connectivity index (χ1n) is 8.88. The van der Waals surface area contributed by atoms with Gasteiger partial charge in [0.1, 0.15) is 10.7 Å². The van der Waals surface area contributed by atoms with E-state index in [1.165, 1.54) is 42.5 Å². The molecule has 0 radical (unpaired) electrons. The van der Waals surface area contributed by atoms with Gasteiger partial charge in [0.2, 0.25) is 0 Å². The molecule has 0 aliphatic heterocycles. The van der Waals surface area contributed by atoms with E-state index in [2.05, 4.69) is 15.0 Å². The summed E-state index contributed by atoms with van der Waals surface area (Å²) in [5, 5.41) is 4.92. The van der Waals surface area contributed by atoms with E-state index in [9.17, 15) is 27.2 Å². The van der Waals surface area contributed by atoms with Crippen LogP contribution >= 0.6 is 11.5 Å². The van der Waals surface area contributed by atoms with Crippen molar-refractivity contribution in [2.75, 3.05) is 5.73 Å². The maximum Gasteiger partial charge on any atom is 0.416 e. The molecule has 11 heteroatoms. The fourth-order valence-corrected chi connectivity index (χ4v) is 3.41. The zero-order valence-corrected chi connectivity index (χ0v) is 16.6. The fourth-order valence-electron chi connectivity index (χ4n) is 2.70. The Hall–Kier alpha value is -3.47. The quantitative estimate of drug-likeness (QED) is 0.497. The van der Waals surface area contributed by atoms with Crippen molar-refractivity contribution in [3.05, 3.63) is 81.6 Å². The number of amides is 2. The van der Waals surface area contributed by atoms with Crippen molar-refractivity contribution >= 4 is 29.0 Å². The van der Waals surface area contributed by atoms with E-state index in [0.717, 1.165) is 6.07 Å². The van der Waals surface area contributed by atoms with Crippen molar-refractivity contribution in [2.24, 2.45) is 0 Å². The first kappa shape index (κ1) is 22.2. The molecule has 3 aromatic rings. The number of anilines is 1. The van der Waals surface area contributed by atoms with Gasteiger partial charge >= 0.3 is 6.18 Å².